The highest BCUT2D eigenvalue weighted by atomic mass is 32.1. The van der Waals surface area contributed by atoms with E-state index in [1.807, 2.05) is 6.07 Å². The second-order valence-electron chi connectivity index (χ2n) is 8.37. The number of anilines is 1. The van der Waals surface area contributed by atoms with Crippen molar-refractivity contribution in [2.45, 2.75) is 38.2 Å². The summed E-state index contributed by atoms with van der Waals surface area (Å²) < 4.78 is 7.27. The lowest BCUT2D eigenvalue weighted by Crippen LogP contribution is -2.56. The van der Waals surface area contributed by atoms with Crippen molar-refractivity contribution < 1.29 is 9.53 Å². The van der Waals surface area contributed by atoms with Crippen molar-refractivity contribution in [1.29, 1.82) is 0 Å². The number of ether oxygens (including phenoxy) is 1. The predicted molar refractivity (Wildman–Crippen MR) is 104 cm³/mol. The molecule has 0 radical (unpaired) electrons. The van der Waals surface area contributed by atoms with Gasteiger partial charge in [0.05, 0.1) is 23.4 Å². The maximum absolute atomic E-state index is 12.5. The second-order valence-corrected chi connectivity index (χ2v) is 9.38. The van der Waals surface area contributed by atoms with Crippen LogP contribution in [-0.4, -0.2) is 42.7 Å². The highest BCUT2D eigenvalue weighted by Gasteiger charge is 2.60. The van der Waals surface area contributed by atoms with Gasteiger partial charge in [0.2, 0.25) is 5.91 Å². The van der Waals surface area contributed by atoms with E-state index < -0.39 is 0 Å². The molecule has 1 aliphatic heterocycles. The summed E-state index contributed by atoms with van der Waals surface area (Å²) in [5, 5.41) is 4.21. The van der Waals surface area contributed by atoms with Crippen LogP contribution in [0.4, 0.5) is 5.13 Å². The zero-order valence-electron chi connectivity index (χ0n) is 15.2. The minimum atomic E-state index is -0.368. The van der Waals surface area contributed by atoms with Crippen LogP contribution in [0.2, 0.25) is 0 Å². The molecular formula is C20H25N3O2S. The molecule has 1 spiro atoms. The number of para-hydroxylation sites is 1. The van der Waals surface area contributed by atoms with Gasteiger partial charge in [-0.3, -0.25) is 4.79 Å². The Kier molecular flexibility index (Phi) is 3.76. The molecule has 0 bridgehead atoms. The van der Waals surface area contributed by atoms with Crippen molar-refractivity contribution in [2.24, 2.45) is 11.3 Å². The Labute approximate surface area is 157 Å². The molecule has 3 aliphatic rings. The van der Waals surface area contributed by atoms with E-state index in [4.69, 9.17) is 9.72 Å². The molecule has 1 saturated heterocycles. The molecule has 2 aromatic rings. The summed E-state index contributed by atoms with van der Waals surface area (Å²) in [6.07, 6.45) is 4.87. The summed E-state index contributed by atoms with van der Waals surface area (Å²) in [5.74, 6) is 0.482. The number of fused-ring (bicyclic) bond motifs is 1. The summed E-state index contributed by atoms with van der Waals surface area (Å²) >= 11 is 1.73. The lowest BCUT2D eigenvalue weighted by Gasteiger charge is -2.40. The SMILES string of the molecule is CC1(CNC(=O)C2CC23CCC3)CN(c2nc3ccccc3s2)CCO1. The number of thiazole rings is 1. The van der Waals surface area contributed by atoms with Crippen molar-refractivity contribution in [1.82, 2.24) is 10.3 Å². The fourth-order valence-electron chi connectivity index (χ4n) is 4.50. The largest absolute Gasteiger partial charge is 0.370 e. The van der Waals surface area contributed by atoms with Gasteiger partial charge in [-0.15, -0.1) is 0 Å². The normalized spacial score (nSPS) is 29.6. The van der Waals surface area contributed by atoms with Crippen LogP contribution in [0.5, 0.6) is 0 Å². The fraction of sp³-hybridized carbons (Fsp3) is 0.600. The molecule has 5 nitrogen and oxygen atoms in total. The highest BCUT2D eigenvalue weighted by molar-refractivity contribution is 7.22. The number of rotatable bonds is 4. The summed E-state index contributed by atoms with van der Waals surface area (Å²) in [5.41, 5.74) is 1.06. The Morgan fingerprint density at radius 2 is 2.27 bits per heavy atom. The van der Waals surface area contributed by atoms with E-state index in [1.54, 1.807) is 11.3 Å². The summed E-state index contributed by atoms with van der Waals surface area (Å²) in [7, 11) is 0. The summed E-state index contributed by atoms with van der Waals surface area (Å²) in [6, 6.07) is 8.25. The third-order valence-corrected chi connectivity index (χ3v) is 7.48. The summed E-state index contributed by atoms with van der Waals surface area (Å²) in [6.45, 7) is 4.92. The predicted octanol–water partition coefficient (Wildman–Crippen LogP) is 3.20. The Bertz CT molecular complexity index is 813. The molecule has 138 valence electrons. The first-order valence-electron chi connectivity index (χ1n) is 9.59. The lowest BCUT2D eigenvalue weighted by atomic mass is 9.79. The quantitative estimate of drug-likeness (QED) is 0.897. The number of morpholine rings is 1. The van der Waals surface area contributed by atoms with Crippen molar-refractivity contribution in [3.05, 3.63) is 24.3 Å². The molecule has 26 heavy (non-hydrogen) atoms. The molecular weight excluding hydrogens is 346 g/mol. The van der Waals surface area contributed by atoms with Crippen LogP contribution in [0, 0.1) is 11.3 Å². The van der Waals surface area contributed by atoms with E-state index >= 15 is 0 Å². The summed E-state index contributed by atoms with van der Waals surface area (Å²) in [4.78, 5) is 19.5. The standard InChI is InChI=1S/C20H25N3O2S/c1-19(12-21-17(24)14-11-20(14)7-4-8-20)13-23(9-10-25-19)18-22-15-5-2-3-6-16(15)26-18/h2-3,5-6,14H,4,7-13H2,1H3,(H,21,24). The van der Waals surface area contributed by atoms with Gasteiger partial charge in [0.1, 0.15) is 5.60 Å². The smallest absolute Gasteiger partial charge is 0.223 e. The Hall–Kier alpha value is -1.66. The molecule has 3 fully saturated rings. The molecule has 1 aromatic carbocycles. The molecule has 2 unspecified atom stereocenters. The number of nitrogens with zero attached hydrogens (tertiary/aromatic N) is 2. The molecule has 2 aliphatic carbocycles. The van der Waals surface area contributed by atoms with E-state index in [9.17, 15) is 4.79 Å². The Morgan fingerprint density at radius 3 is 3.00 bits per heavy atom. The lowest BCUT2D eigenvalue weighted by molar-refractivity contribution is -0.125. The number of amides is 1. The molecule has 1 aromatic heterocycles. The van der Waals surface area contributed by atoms with Crippen LogP contribution in [-0.2, 0) is 9.53 Å². The van der Waals surface area contributed by atoms with Gasteiger partial charge in [0.15, 0.2) is 5.13 Å². The third-order valence-electron chi connectivity index (χ3n) is 6.38. The monoisotopic (exact) mass is 371 g/mol. The van der Waals surface area contributed by atoms with Gasteiger partial charge in [-0.2, -0.15) is 0 Å². The van der Waals surface area contributed by atoms with Gasteiger partial charge < -0.3 is 15.0 Å². The zero-order chi connectivity index (χ0) is 17.8. The number of hydrogen-bond acceptors (Lipinski definition) is 5. The van der Waals surface area contributed by atoms with Crippen molar-refractivity contribution >= 4 is 32.6 Å². The number of carbonyl (C=O) groups excluding carboxylic acids is 1. The van der Waals surface area contributed by atoms with Gasteiger partial charge in [0, 0.05) is 19.0 Å². The molecule has 6 heteroatoms. The van der Waals surface area contributed by atoms with Crippen LogP contribution in [0.15, 0.2) is 24.3 Å². The first-order valence-corrected chi connectivity index (χ1v) is 10.4. The molecule has 5 rings (SSSR count). The Morgan fingerprint density at radius 1 is 1.42 bits per heavy atom. The first kappa shape index (κ1) is 16.5. The van der Waals surface area contributed by atoms with Gasteiger partial charge >= 0.3 is 0 Å². The minimum absolute atomic E-state index is 0.228. The van der Waals surface area contributed by atoms with E-state index in [-0.39, 0.29) is 17.4 Å². The van der Waals surface area contributed by atoms with Crippen molar-refractivity contribution in [2.75, 3.05) is 31.1 Å². The molecule has 1 N–H and O–H groups in total. The van der Waals surface area contributed by atoms with Crippen molar-refractivity contribution in [3.63, 3.8) is 0 Å². The van der Waals surface area contributed by atoms with Gasteiger partial charge in [-0.05, 0) is 43.7 Å². The van der Waals surface area contributed by atoms with E-state index in [2.05, 4.69) is 35.3 Å². The van der Waals surface area contributed by atoms with Crippen molar-refractivity contribution in [3.8, 4) is 0 Å². The number of carbonyl (C=O) groups is 1. The van der Waals surface area contributed by atoms with Crippen LogP contribution in [0.1, 0.15) is 32.6 Å². The van der Waals surface area contributed by atoms with Crippen LogP contribution >= 0.6 is 11.3 Å². The first-order chi connectivity index (χ1) is 12.6. The maximum atomic E-state index is 12.5. The average molecular weight is 372 g/mol. The zero-order valence-corrected chi connectivity index (χ0v) is 16.0. The highest BCUT2D eigenvalue weighted by Crippen LogP contribution is 2.65. The molecule has 2 atom stereocenters. The van der Waals surface area contributed by atoms with E-state index in [1.165, 1.54) is 24.0 Å². The number of nitrogens with one attached hydrogen (secondary N) is 1. The molecule has 1 amide bonds. The van der Waals surface area contributed by atoms with E-state index in [0.717, 1.165) is 30.2 Å². The van der Waals surface area contributed by atoms with Gasteiger partial charge in [-0.1, -0.05) is 29.9 Å². The number of benzene rings is 1. The van der Waals surface area contributed by atoms with Crippen LogP contribution in [0.3, 0.4) is 0 Å². The second kappa shape index (κ2) is 5.92. The Balaban J connectivity index is 1.23. The number of aromatic nitrogens is 1. The van der Waals surface area contributed by atoms with Gasteiger partial charge in [-0.25, -0.2) is 4.98 Å². The van der Waals surface area contributed by atoms with Crippen LogP contribution in [0.25, 0.3) is 10.2 Å². The van der Waals surface area contributed by atoms with Crippen LogP contribution < -0.4 is 10.2 Å². The van der Waals surface area contributed by atoms with Gasteiger partial charge in [0.25, 0.3) is 0 Å². The van der Waals surface area contributed by atoms with E-state index in [0.29, 0.717) is 18.6 Å². The topological polar surface area (TPSA) is 54.5 Å². The molecule has 2 heterocycles. The molecule has 2 saturated carbocycles. The minimum Gasteiger partial charge on any atom is -0.370 e. The average Bonchev–Trinajstić information content (AvgIpc) is 3.25. The maximum Gasteiger partial charge on any atom is 0.223 e. The number of hydrogen-bond donors (Lipinski definition) is 1. The fourth-order valence-corrected chi connectivity index (χ4v) is 5.49. The third kappa shape index (κ3) is 2.79.